The fourth-order valence-corrected chi connectivity index (χ4v) is 2.54. The summed E-state index contributed by atoms with van der Waals surface area (Å²) in [7, 11) is 0. The molecule has 1 aliphatic heterocycles. The zero-order valence-electron chi connectivity index (χ0n) is 7.23. The van der Waals surface area contributed by atoms with Gasteiger partial charge in [0.2, 0.25) is 0 Å². The van der Waals surface area contributed by atoms with Crippen LogP contribution in [0.4, 0.5) is 0 Å². The zero-order valence-corrected chi connectivity index (χ0v) is 7.23. The molecule has 2 aliphatic rings. The molecule has 1 N–H and O–H groups in total. The molecule has 1 heterocycles. The molecule has 1 heteroatoms. The van der Waals surface area contributed by atoms with E-state index in [1.807, 2.05) is 0 Å². The Kier molecular flexibility index (Phi) is 2.17. The molecule has 1 radical (unpaired) electrons. The Bertz CT molecular complexity index is 99.3. The van der Waals surface area contributed by atoms with Crippen molar-refractivity contribution in [3.8, 4) is 0 Å². The van der Waals surface area contributed by atoms with Crippen LogP contribution in [-0.2, 0) is 0 Å². The van der Waals surface area contributed by atoms with Crippen LogP contribution in [0.15, 0.2) is 0 Å². The Morgan fingerprint density at radius 1 is 0.909 bits per heavy atom. The van der Waals surface area contributed by atoms with Crippen LogP contribution in [-0.4, -0.2) is 13.1 Å². The first-order chi connectivity index (χ1) is 5.41. The molecule has 2 fully saturated rings. The second-order valence-corrected chi connectivity index (χ2v) is 4.12. The lowest BCUT2D eigenvalue weighted by molar-refractivity contribution is 0.151. The van der Waals surface area contributed by atoms with Gasteiger partial charge in [0.1, 0.15) is 0 Å². The molecule has 0 amide bonds. The fourth-order valence-electron chi connectivity index (χ4n) is 2.54. The number of piperidine rings is 1. The van der Waals surface area contributed by atoms with Crippen LogP contribution >= 0.6 is 0 Å². The van der Waals surface area contributed by atoms with Gasteiger partial charge in [-0.25, -0.2) is 0 Å². The molecule has 0 aromatic heterocycles. The predicted octanol–water partition coefficient (Wildman–Crippen LogP) is 2.13. The zero-order chi connectivity index (χ0) is 7.57. The van der Waals surface area contributed by atoms with Crippen molar-refractivity contribution in [3.05, 3.63) is 6.42 Å². The van der Waals surface area contributed by atoms with E-state index in [1.165, 1.54) is 51.6 Å². The van der Waals surface area contributed by atoms with Crippen LogP contribution in [0.5, 0.6) is 0 Å². The van der Waals surface area contributed by atoms with E-state index in [1.54, 1.807) is 0 Å². The summed E-state index contributed by atoms with van der Waals surface area (Å²) in [5.74, 6) is 0. The molecule has 0 bridgehead atoms. The van der Waals surface area contributed by atoms with E-state index in [2.05, 4.69) is 11.7 Å². The predicted molar refractivity (Wildman–Crippen MR) is 47.3 cm³/mol. The minimum Gasteiger partial charge on any atom is -0.317 e. The molecule has 0 atom stereocenters. The van der Waals surface area contributed by atoms with Gasteiger partial charge in [-0.15, -0.1) is 0 Å². The highest BCUT2D eigenvalue weighted by atomic mass is 14.9. The van der Waals surface area contributed by atoms with Crippen molar-refractivity contribution in [1.82, 2.24) is 5.32 Å². The standard InChI is InChI=1S/C10H18N/c1-2-4-10(5-3-1)6-8-11-9-7-10/h1,11H,2-9H2. The SMILES string of the molecule is [CH]1CCC2(CC1)CCNCC2. The van der Waals surface area contributed by atoms with Gasteiger partial charge in [-0.1, -0.05) is 0 Å². The van der Waals surface area contributed by atoms with Crippen LogP contribution in [0, 0.1) is 11.8 Å². The van der Waals surface area contributed by atoms with Crippen LogP contribution in [0.3, 0.4) is 0 Å². The van der Waals surface area contributed by atoms with Gasteiger partial charge in [-0.3, -0.25) is 0 Å². The molecule has 1 nitrogen and oxygen atoms in total. The molecule has 1 saturated carbocycles. The van der Waals surface area contributed by atoms with E-state index in [0.717, 1.165) is 5.41 Å². The maximum Gasteiger partial charge on any atom is -0.00436 e. The first-order valence-electron chi connectivity index (χ1n) is 4.94. The molecule has 0 unspecified atom stereocenters. The van der Waals surface area contributed by atoms with Crippen LogP contribution in [0.25, 0.3) is 0 Å². The minimum absolute atomic E-state index is 0.764. The highest BCUT2D eigenvalue weighted by Crippen LogP contribution is 2.42. The van der Waals surface area contributed by atoms with Gasteiger partial charge in [0.25, 0.3) is 0 Å². The van der Waals surface area contributed by atoms with Crippen LogP contribution in [0.1, 0.15) is 38.5 Å². The van der Waals surface area contributed by atoms with Crippen molar-refractivity contribution in [3.63, 3.8) is 0 Å². The number of rotatable bonds is 0. The van der Waals surface area contributed by atoms with E-state index in [-0.39, 0.29) is 0 Å². The first-order valence-corrected chi connectivity index (χ1v) is 4.94. The lowest BCUT2D eigenvalue weighted by atomic mass is 9.68. The summed E-state index contributed by atoms with van der Waals surface area (Å²) in [5.41, 5.74) is 0.764. The second kappa shape index (κ2) is 3.14. The maximum absolute atomic E-state index is 3.45. The molecule has 1 spiro atoms. The van der Waals surface area contributed by atoms with Crippen LogP contribution < -0.4 is 5.32 Å². The lowest BCUT2D eigenvalue weighted by Gasteiger charge is -2.40. The summed E-state index contributed by atoms with van der Waals surface area (Å²) in [6, 6.07) is 0. The third kappa shape index (κ3) is 1.58. The van der Waals surface area contributed by atoms with Crippen molar-refractivity contribution < 1.29 is 0 Å². The molecule has 63 valence electrons. The summed E-state index contributed by atoms with van der Waals surface area (Å²) < 4.78 is 0. The Morgan fingerprint density at radius 3 is 2.18 bits per heavy atom. The molecular formula is C10H18N. The van der Waals surface area contributed by atoms with Crippen molar-refractivity contribution in [2.45, 2.75) is 38.5 Å². The lowest BCUT2D eigenvalue weighted by Crippen LogP contribution is -2.37. The summed E-state index contributed by atoms with van der Waals surface area (Å²) in [4.78, 5) is 0. The monoisotopic (exact) mass is 152 g/mol. The van der Waals surface area contributed by atoms with E-state index in [0.29, 0.717) is 0 Å². The molecule has 2 rings (SSSR count). The summed E-state index contributed by atoms with van der Waals surface area (Å²) in [6.07, 6.45) is 11.0. The van der Waals surface area contributed by atoms with E-state index < -0.39 is 0 Å². The highest BCUT2D eigenvalue weighted by Gasteiger charge is 2.32. The van der Waals surface area contributed by atoms with Gasteiger partial charge in [-0.2, -0.15) is 0 Å². The van der Waals surface area contributed by atoms with Crippen molar-refractivity contribution in [2.24, 2.45) is 5.41 Å². The molecular weight excluding hydrogens is 134 g/mol. The van der Waals surface area contributed by atoms with Gasteiger partial charge in [-0.05, 0) is 63.5 Å². The third-order valence-electron chi connectivity index (χ3n) is 3.42. The topological polar surface area (TPSA) is 12.0 Å². The van der Waals surface area contributed by atoms with Gasteiger partial charge in [0, 0.05) is 0 Å². The van der Waals surface area contributed by atoms with E-state index in [9.17, 15) is 0 Å². The number of hydrogen-bond donors (Lipinski definition) is 1. The third-order valence-corrected chi connectivity index (χ3v) is 3.42. The Labute approximate surface area is 69.6 Å². The van der Waals surface area contributed by atoms with Gasteiger partial charge in [0.15, 0.2) is 0 Å². The Balaban J connectivity index is 1.94. The second-order valence-electron chi connectivity index (χ2n) is 4.12. The molecule has 1 aliphatic carbocycles. The highest BCUT2D eigenvalue weighted by molar-refractivity contribution is 4.91. The molecule has 1 saturated heterocycles. The van der Waals surface area contributed by atoms with Crippen LogP contribution in [0.2, 0.25) is 0 Å². The average molecular weight is 152 g/mol. The largest absolute Gasteiger partial charge is 0.317 e. The van der Waals surface area contributed by atoms with Gasteiger partial charge in [0.05, 0.1) is 0 Å². The van der Waals surface area contributed by atoms with Gasteiger partial charge < -0.3 is 5.32 Å². The average Bonchev–Trinajstić information content (AvgIpc) is 2.07. The van der Waals surface area contributed by atoms with E-state index >= 15 is 0 Å². The number of nitrogens with one attached hydrogen (secondary N) is 1. The first kappa shape index (κ1) is 7.60. The maximum atomic E-state index is 3.45. The summed E-state index contributed by atoms with van der Waals surface area (Å²) in [5, 5.41) is 3.45. The van der Waals surface area contributed by atoms with Crippen molar-refractivity contribution in [2.75, 3.05) is 13.1 Å². The van der Waals surface area contributed by atoms with Gasteiger partial charge >= 0.3 is 0 Å². The van der Waals surface area contributed by atoms with Crippen molar-refractivity contribution in [1.29, 1.82) is 0 Å². The molecule has 0 aromatic rings. The Hall–Kier alpha value is -0.0400. The normalized spacial score (nSPS) is 30.5. The quantitative estimate of drug-likeness (QED) is 0.560. The molecule has 11 heavy (non-hydrogen) atoms. The summed E-state index contributed by atoms with van der Waals surface area (Å²) >= 11 is 0. The smallest absolute Gasteiger partial charge is 0.00436 e. The molecule has 0 aromatic carbocycles. The summed E-state index contributed by atoms with van der Waals surface area (Å²) in [6.45, 7) is 2.53. The fraction of sp³-hybridized carbons (Fsp3) is 0.900. The van der Waals surface area contributed by atoms with E-state index in [4.69, 9.17) is 0 Å². The minimum atomic E-state index is 0.764. The number of hydrogen-bond acceptors (Lipinski definition) is 1. The Morgan fingerprint density at radius 2 is 1.55 bits per heavy atom. The van der Waals surface area contributed by atoms with Crippen molar-refractivity contribution >= 4 is 0 Å².